The van der Waals surface area contributed by atoms with Crippen LogP contribution in [0.15, 0.2) is 436 Å². The lowest BCUT2D eigenvalue weighted by molar-refractivity contribution is 0.418. The third-order valence-electron chi connectivity index (χ3n) is 27.6. The minimum atomic E-state index is -0.842. The van der Waals surface area contributed by atoms with Crippen LogP contribution >= 0.6 is 0 Å². The number of para-hydroxylation sites is 4. The van der Waals surface area contributed by atoms with E-state index in [0.29, 0.717) is 51.0 Å². The summed E-state index contributed by atoms with van der Waals surface area (Å²) in [5.74, 6) is 1.45. The fourth-order valence-electron chi connectivity index (χ4n) is 21.4. The van der Waals surface area contributed by atoms with E-state index in [-0.39, 0.29) is 91.0 Å². The maximum Gasteiger partial charge on any atom is 0.252 e. The van der Waals surface area contributed by atoms with Crippen LogP contribution < -0.4 is 30.9 Å². The van der Waals surface area contributed by atoms with Gasteiger partial charge in [-0.3, -0.25) is 0 Å². The van der Waals surface area contributed by atoms with Crippen LogP contribution in [0.3, 0.4) is 0 Å². The van der Waals surface area contributed by atoms with E-state index >= 15 is 0 Å². The molecule has 3 aliphatic heterocycles. The first kappa shape index (κ1) is 62.8. The van der Waals surface area contributed by atoms with Crippen molar-refractivity contribution >= 4 is 144 Å². The molecule has 0 aliphatic carbocycles. The van der Waals surface area contributed by atoms with E-state index in [1.54, 1.807) is 9.13 Å². The highest BCUT2D eigenvalue weighted by molar-refractivity contribution is 7.00. The first-order valence-electron chi connectivity index (χ1n) is 51.6. The number of nitrogens with zero attached hydrogens (tertiary/aromatic N) is 4. The van der Waals surface area contributed by atoms with E-state index in [2.05, 4.69) is 293 Å². The van der Waals surface area contributed by atoms with Crippen LogP contribution in [0.5, 0.6) is 11.5 Å². The summed E-state index contributed by atoms with van der Waals surface area (Å²) >= 11 is 0. The van der Waals surface area contributed by atoms with E-state index in [4.69, 9.17) is 4.74 Å². The van der Waals surface area contributed by atoms with Crippen molar-refractivity contribution in [1.29, 1.82) is 0 Å². The van der Waals surface area contributed by atoms with Crippen LogP contribution in [-0.2, 0) is 10.8 Å². The lowest BCUT2D eigenvalue weighted by Crippen LogP contribution is -2.61. The number of hydrogen-bond donors (Lipinski definition) is 0. The molecule has 616 valence electrons. The predicted molar refractivity (Wildman–Crippen MR) is 555 cm³/mol. The van der Waals surface area contributed by atoms with Gasteiger partial charge < -0.3 is 23.7 Å². The third-order valence-corrected chi connectivity index (χ3v) is 27.6. The van der Waals surface area contributed by atoms with Crippen LogP contribution in [0, 0.1) is 0 Å². The highest BCUT2D eigenvalue weighted by atomic mass is 16.5. The van der Waals surface area contributed by atoms with E-state index in [1.165, 1.54) is 0 Å². The zero-order valence-electron chi connectivity index (χ0n) is 86.3. The average Bonchev–Trinajstić information content (AvgIpc) is 1.68. The fourth-order valence-corrected chi connectivity index (χ4v) is 21.4. The normalized spacial score (nSPS) is 14.6. The van der Waals surface area contributed by atoms with Gasteiger partial charge in [0.1, 0.15) is 11.5 Å². The molecule has 6 heteroatoms. The van der Waals surface area contributed by atoms with Gasteiger partial charge in [-0.05, 0) is 229 Å². The standard InChI is InChI=1S/C125H87BN4O/c1-124(2,3)90-74-103(81-37-16-9-17-38-81)123(104(75-90)88-62-60-85-58-56-83-40-19-21-42-94(83)102(85)70-88)130-114-77-92(128-110-51-26-23-44-100(110)120-96(46-30-53-112(120)128)79-33-12-7-13-34-79)65-67-108(114)126-107-66-64-91(127-109-50-25-22-43-99(109)119-95(45-29-52-111(119)127)78-31-10-6-11-32-78)76-113(107)129(115-72-89(73-116(130)121(115)126)86-63-68-118-106(71-86)125(4,5)105-49-24-27-54-117(105)131-118)122-97(80-35-14-8-15-36-80)47-28-48-98(122)87-61-59-84-57-55-82-39-18-20-41-93(82)101(84)69-87/h6-77H,1-5H3/i22D,23D,25D,26D,29D,30D,43D,44D,45D,46D,50D,51D,52D,53D. The molecule has 0 radical (unpaired) electrons. The van der Waals surface area contributed by atoms with Crippen molar-refractivity contribution in [3.8, 4) is 101 Å². The van der Waals surface area contributed by atoms with Crippen molar-refractivity contribution in [1.82, 2.24) is 9.13 Å². The minimum absolute atomic E-state index is 0.0334. The molecule has 0 atom stereocenters. The summed E-state index contributed by atoms with van der Waals surface area (Å²) in [5.41, 5.74) is 19.3. The summed E-state index contributed by atoms with van der Waals surface area (Å²) in [4.78, 5) is 4.83. The number of aromatic nitrogens is 2. The first-order valence-corrected chi connectivity index (χ1v) is 44.6. The van der Waals surface area contributed by atoms with E-state index in [1.807, 2.05) is 103 Å². The van der Waals surface area contributed by atoms with E-state index in [0.717, 1.165) is 149 Å². The minimum Gasteiger partial charge on any atom is -0.457 e. The van der Waals surface area contributed by atoms with Crippen molar-refractivity contribution in [2.45, 2.75) is 45.4 Å². The Morgan fingerprint density at radius 3 is 1.22 bits per heavy atom. The number of ether oxygens (including phenoxy) is 1. The van der Waals surface area contributed by atoms with E-state index in [9.17, 15) is 19.2 Å². The molecule has 131 heavy (non-hydrogen) atoms. The SMILES string of the molecule is [2H]c1c([2H])c([2H])c2c(c1[2H])c1c(-c3ccccc3)c([2H])c([2H])c([2H])c1n2-c1ccc2c(c1)N(c1c(-c3ccccc3)cccc1-c1ccc3ccc4ccccc4c3c1)c1cc(-c3ccc4c(c3)C(C)(C)c3ccccc3O4)cc3c1B2c1ccc(-n2c4c([2H])c([2H])c([2H])c([2H])c4c4c(-c5ccccc5)c([2H])c([2H])c([2H])c42)cc1N3c1c(-c2ccccc2)cc(C(C)(C)C)cc1-c1ccc2ccc3ccccc3c2c1. The lowest BCUT2D eigenvalue weighted by atomic mass is 9.33. The fraction of sp³-hybridized carbons (Fsp3) is 0.0560. The molecule has 5 heterocycles. The van der Waals surface area contributed by atoms with Crippen LogP contribution in [-0.4, -0.2) is 15.8 Å². The van der Waals surface area contributed by atoms with Crippen LogP contribution in [0.25, 0.3) is 176 Å². The summed E-state index contributed by atoms with van der Waals surface area (Å²) in [7, 11) is 0. The largest absolute Gasteiger partial charge is 0.457 e. The molecule has 0 bridgehead atoms. The molecule has 0 amide bonds. The first-order chi connectivity index (χ1) is 70.2. The van der Waals surface area contributed by atoms with Gasteiger partial charge in [-0.15, -0.1) is 0 Å². The molecule has 0 N–H and O–H groups in total. The maximum absolute atomic E-state index is 10.5. The van der Waals surface area contributed by atoms with Crippen molar-refractivity contribution in [2.75, 3.05) is 9.80 Å². The third kappa shape index (κ3) is 11.9. The molecule has 3 aliphatic rings. The molecule has 26 rings (SSSR count). The Morgan fingerprint density at radius 1 is 0.282 bits per heavy atom. The van der Waals surface area contributed by atoms with Gasteiger partial charge in [-0.2, -0.15) is 0 Å². The zero-order valence-corrected chi connectivity index (χ0v) is 72.3. The van der Waals surface area contributed by atoms with Gasteiger partial charge >= 0.3 is 0 Å². The Labute approximate surface area is 781 Å². The van der Waals surface area contributed by atoms with Gasteiger partial charge in [-0.1, -0.05) is 368 Å². The smallest absolute Gasteiger partial charge is 0.252 e. The number of benzene rings is 21. The Kier molecular flexibility index (Phi) is 14.1. The van der Waals surface area contributed by atoms with Gasteiger partial charge in [0.25, 0.3) is 6.71 Å². The molecule has 0 saturated carbocycles. The van der Waals surface area contributed by atoms with Gasteiger partial charge in [-0.25, -0.2) is 0 Å². The summed E-state index contributed by atoms with van der Waals surface area (Å²) in [6.07, 6.45) is 0. The van der Waals surface area contributed by atoms with Crippen LogP contribution in [0.4, 0.5) is 34.1 Å². The van der Waals surface area contributed by atoms with Crippen LogP contribution in [0.1, 0.15) is 70.5 Å². The Balaban J connectivity index is 0.880. The summed E-state index contributed by atoms with van der Waals surface area (Å²) in [5, 5.41) is 8.98. The van der Waals surface area contributed by atoms with Crippen molar-refractivity contribution in [3.63, 3.8) is 0 Å². The zero-order chi connectivity index (χ0) is 99.2. The number of fused-ring (bicyclic) bond motifs is 18. The van der Waals surface area contributed by atoms with Crippen molar-refractivity contribution in [2.24, 2.45) is 0 Å². The predicted octanol–water partition coefficient (Wildman–Crippen LogP) is 32.0. The number of hydrogen-bond acceptors (Lipinski definition) is 3. The number of rotatable bonds is 11. The van der Waals surface area contributed by atoms with E-state index < -0.39 is 65.9 Å². The Morgan fingerprint density at radius 2 is 0.695 bits per heavy atom. The Bertz CT molecular complexity index is 9640. The molecule has 0 saturated heterocycles. The second-order valence-corrected chi connectivity index (χ2v) is 36.3. The molecular formula is C125H87BN4O. The van der Waals surface area contributed by atoms with Gasteiger partial charge in [0.05, 0.1) is 52.6 Å². The van der Waals surface area contributed by atoms with Crippen LogP contribution in [0.2, 0.25) is 0 Å². The monoisotopic (exact) mass is 1680 g/mol. The molecule has 2 aromatic heterocycles. The summed E-state index contributed by atoms with van der Waals surface area (Å²) in [6.45, 7) is 10.4. The topological polar surface area (TPSA) is 25.6 Å². The molecule has 21 aromatic carbocycles. The molecular weight excluding hydrogens is 1580 g/mol. The Hall–Kier alpha value is -16.3. The van der Waals surface area contributed by atoms with Crippen molar-refractivity contribution < 1.29 is 23.9 Å². The van der Waals surface area contributed by atoms with Crippen molar-refractivity contribution in [3.05, 3.63) is 453 Å². The molecule has 23 aromatic rings. The molecule has 0 spiro atoms. The second-order valence-electron chi connectivity index (χ2n) is 36.3. The molecule has 5 nitrogen and oxygen atoms in total. The molecule has 0 unspecified atom stereocenters. The average molecular weight is 1690 g/mol. The summed E-state index contributed by atoms with van der Waals surface area (Å²) in [6, 6.07) is 115. The van der Waals surface area contributed by atoms with Gasteiger partial charge in [0.2, 0.25) is 0 Å². The quantitative estimate of drug-likeness (QED) is 0.0953. The van der Waals surface area contributed by atoms with Gasteiger partial charge in [0.15, 0.2) is 0 Å². The highest BCUT2D eigenvalue weighted by Crippen LogP contribution is 2.58. The summed E-state index contributed by atoms with van der Waals surface area (Å²) < 4.78 is 151. The molecule has 0 fully saturated rings. The van der Waals surface area contributed by atoms with Gasteiger partial charge in [0, 0.05) is 94.5 Å². The lowest BCUT2D eigenvalue weighted by Gasteiger charge is -2.46. The maximum atomic E-state index is 10.5. The number of anilines is 6. The highest BCUT2D eigenvalue weighted by Gasteiger charge is 2.47. The second kappa shape index (κ2) is 29.4.